The molecule has 3 rings (SSSR count). The van der Waals surface area contributed by atoms with E-state index in [2.05, 4.69) is 26.8 Å². The molecule has 2 aromatic rings. The van der Waals surface area contributed by atoms with E-state index in [4.69, 9.17) is 0 Å². The van der Waals surface area contributed by atoms with Gasteiger partial charge >= 0.3 is 0 Å². The van der Waals surface area contributed by atoms with Gasteiger partial charge in [-0.15, -0.1) is 10.2 Å². The van der Waals surface area contributed by atoms with Crippen LogP contribution in [0, 0.1) is 17.2 Å². The Labute approximate surface area is 127 Å². The van der Waals surface area contributed by atoms with E-state index in [1.54, 1.807) is 6.92 Å². The maximum atomic E-state index is 12.1. The van der Waals surface area contributed by atoms with Gasteiger partial charge in [0, 0.05) is 5.56 Å². The molecule has 1 aliphatic rings. The number of hydrogen-bond acceptors (Lipinski definition) is 5. The van der Waals surface area contributed by atoms with Crippen LogP contribution >= 0.6 is 0 Å². The third-order valence-electron chi connectivity index (χ3n) is 3.80. The number of nitrogens with zero attached hydrogens (tertiary/aromatic N) is 5. The lowest BCUT2D eigenvalue weighted by atomic mass is 9.98. The first-order valence-corrected chi connectivity index (χ1v) is 7.16. The Morgan fingerprint density at radius 2 is 2.18 bits per heavy atom. The van der Waals surface area contributed by atoms with E-state index in [0.29, 0.717) is 5.82 Å². The molecule has 0 unspecified atom stereocenters. The van der Waals surface area contributed by atoms with Crippen LogP contribution in [0.1, 0.15) is 19.8 Å². The van der Waals surface area contributed by atoms with Gasteiger partial charge in [-0.25, -0.2) is 0 Å². The van der Waals surface area contributed by atoms with E-state index in [1.165, 1.54) is 4.80 Å². The first kappa shape index (κ1) is 14.2. The number of carbonyl (C=O) groups excluding carboxylic acids is 1. The molecule has 0 spiro atoms. The van der Waals surface area contributed by atoms with Crippen LogP contribution in [0.25, 0.3) is 11.4 Å². The van der Waals surface area contributed by atoms with Gasteiger partial charge in [0.05, 0.1) is 6.07 Å². The molecular weight excluding hydrogens is 280 g/mol. The molecule has 7 heteroatoms. The molecule has 1 N–H and O–H groups in total. The number of benzene rings is 1. The summed E-state index contributed by atoms with van der Waals surface area (Å²) in [4.78, 5) is 13.3. The van der Waals surface area contributed by atoms with Crippen molar-refractivity contribution in [2.24, 2.45) is 5.92 Å². The maximum absolute atomic E-state index is 12.1. The van der Waals surface area contributed by atoms with E-state index < -0.39 is 5.54 Å². The van der Waals surface area contributed by atoms with Crippen molar-refractivity contribution in [2.45, 2.75) is 31.8 Å². The zero-order chi connectivity index (χ0) is 15.6. The summed E-state index contributed by atoms with van der Waals surface area (Å²) in [6.07, 6.45) is 1.95. The van der Waals surface area contributed by atoms with Crippen LogP contribution in [-0.2, 0) is 11.3 Å². The molecule has 1 fully saturated rings. The Balaban J connectivity index is 1.65. The van der Waals surface area contributed by atoms with Gasteiger partial charge in [-0.2, -0.15) is 10.1 Å². The number of hydrogen-bond donors (Lipinski definition) is 1. The summed E-state index contributed by atoms with van der Waals surface area (Å²) < 4.78 is 0. The molecule has 0 aliphatic heterocycles. The molecule has 1 aromatic carbocycles. The first-order valence-electron chi connectivity index (χ1n) is 7.16. The van der Waals surface area contributed by atoms with Crippen molar-refractivity contribution in [2.75, 3.05) is 0 Å². The van der Waals surface area contributed by atoms with Gasteiger partial charge in [-0.05, 0) is 30.9 Å². The van der Waals surface area contributed by atoms with E-state index in [0.717, 1.165) is 18.4 Å². The smallest absolute Gasteiger partial charge is 0.244 e. The van der Waals surface area contributed by atoms with Crippen LogP contribution in [0.4, 0.5) is 0 Å². The van der Waals surface area contributed by atoms with Crippen LogP contribution in [0.3, 0.4) is 0 Å². The second-order valence-corrected chi connectivity index (χ2v) is 5.65. The third-order valence-corrected chi connectivity index (χ3v) is 3.80. The molecule has 22 heavy (non-hydrogen) atoms. The monoisotopic (exact) mass is 296 g/mol. The number of rotatable bonds is 5. The minimum atomic E-state index is -0.806. The minimum absolute atomic E-state index is 0.0518. The Morgan fingerprint density at radius 3 is 2.82 bits per heavy atom. The fraction of sp³-hybridized carbons (Fsp3) is 0.400. The van der Waals surface area contributed by atoms with Crippen LogP contribution in [0.2, 0.25) is 0 Å². The van der Waals surface area contributed by atoms with Crippen LogP contribution in [-0.4, -0.2) is 31.7 Å². The quantitative estimate of drug-likeness (QED) is 0.892. The average molecular weight is 296 g/mol. The van der Waals surface area contributed by atoms with Gasteiger partial charge in [0.2, 0.25) is 11.7 Å². The first-order chi connectivity index (χ1) is 10.6. The summed E-state index contributed by atoms with van der Waals surface area (Å²) in [6, 6.07) is 11.6. The Bertz CT molecular complexity index is 715. The molecule has 0 saturated heterocycles. The summed E-state index contributed by atoms with van der Waals surface area (Å²) in [5.41, 5.74) is 0.0360. The maximum Gasteiger partial charge on any atom is 0.244 e. The standard InChI is InChI=1S/C15H16N6O/c1-15(10-16,12-7-8-12)17-13(22)9-21-19-14(18-20-21)11-5-3-2-4-6-11/h2-6,12H,7-9H2,1H3,(H,17,22)/t15-/m0/s1. The Hall–Kier alpha value is -2.75. The molecule has 112 valence electrons. The molecular formula is C15H16N6O. The van der Waals surface area contributed by atoms with Crippen molar-refractivity contribution >= 4 is 5.91 Å². The zero-order valence-electron chi connectivity index (χ0n) is 12.2. The highest BCUT2D eigenvalue weighted by molar-refractivity contribution is 5.77. The molecule has 1 saturated carbocycles. The molecule has 0 radical (unpaired) electrons. The van der Waals surface area contributed by atoms with Crippen molar-refractivity contribution in [3.05, 3.63) is 30.3 Å². The summed E-state index contributed by atoms with van der Waals surface area (Å²) in [7, 11) is 0. The Kier molecular flexibility index (Phi) is 3.59. The molecule has 1 aliphatic carbocycles. The normalized spacial score (nSPS) is 16.5. The second-order valence-electron chi connectivity index (χ2n) is 5.65. The van der Waals surface area contributed by atoms with E-state index >= 15 is 0 Å². The van der Waals surface area contributed by atoms with Crippen LogP contribution in [0.5, 0.6) is 0 Å². The van der Waals surface area contributed by atoms with E-state index in [1.807, 2.05) is 30.3 Å². The van der Waals surface area contributed by atoms with Crippen molar-refractivity contribution < 1.29 is 4.79 Å². The lowest BCUT2D eigenvalue weighted by Gasteiger charge is -2.22. The minimum Gasteiger partial charge on any atom is -0.336 e. The van der Waals surface area contributed by atoms with Gasteiger partial charge in [-0.3, -0.25) is 4.79 Å². The van der Waals surface area contributed by atoms with Crippen molar-refractivity contribution in [3.63, 3.8) is 0 Å². The summed E-state index contributed by atoms with van der Waals surface area (Å²) in [5, 5.41) is 24.0. The second kappa shape index (κ2) is 5.56. The molecule has 1 aromatic heterocycles. The largest absolute Gasteiger partial charge is 0.336 e. The predicted molar refractivity (Wildman–Crippen MR) is 78.1 cm³/mol. The van der Waals surface area contributed by atoms with E-state index in [-0.39, 0.29) is 18.4 Å². The zero-order valence-corrected chi connectivity index (χ0v) is 12.2. The summed E-state index contributed by atoms with van der Waals surface area (Å²) >= 11 is 0. The number of carbonyl (C=O) groups is 1. The van der Waals surface area contributed by atoms with Crippen LogP contribution in [0.15, 0.2) is 30.3 Å². The lowest BCUT2D eigenvalue weighted by Crippen LogP contribution is -2.48. The van der Waals surface area contributed by atoms with Gasteiger partial charge in [0.1, 0.15) is 12.1 Å². The van der Waals surface area contributed by atoms with Crippen molar-refractivity contribution in [1.29, 1.82) is 5.26 Å². The third kappa shape index (κ3) is 2.96. The fourth-order valence-electron chi connectivity index (χ4n) is 2.35. The lowest BCUT2D eigenvalue weighted by molar-refractivity contribution is -0.123. The highest BCUT2D eigenvalue weighted by Gasteiger charge is 2.43. The molecule has 1 heterocycles. The van der Waals surface area contributed by atoms with Gasteiger partial charge in [-0.1, -0.05) is 30.3 Å². The van der Waals surface area contributed by atoms with Gasteiger partial charge < -0.3 is 5.32 Å². The highest BCUT2D eigenvalue weighted by Crippen LogP contribution is 2.39. The van der Waals surface area contributed by atoms with Crippen molar-refractivity contribution in [1.82, 2.24) is 25.5 Å². The SMILES string of the molecule is C[C@@](C#N)(NC(=O)Cn1nnc(-c2ccccc2)n1)C1CC1. The molecule has 1 atom stereocenters. The average Bonchev–Trinajstić information content (AvgIpc) is 3.29. The van der Waals surface area contributed by atoms with Crippen LogP contribution < -0.4 is 5.32 Å². The van der Waals surface area contributed by atoms with Crippen molar-refractivity contribution in [3.8, 4) is 17.5 Å². The Morgan fingerprint density at radius 1 is 1.45 bits per heavy atom. The van der Waals surface area contributed by atoms with Gasteiger partial charge in [0.15, 0.2) is 0 Å². The molecule has 7 nitrogen and oxygen atoms in total. The topological polar surface area (TPSA) is 96.5 Å². The summed E-state index contributed by atoms with van der Waals surface area (Å²) in [5.74, 6) is 0.427. The number of amides is 1. The highest BCUT2D eigenvalue weighted by atomic mass is 16.2. The predicted octanol–water partition coefficient (Wildman–Crippen LogP) is 1.15. The number of nitriles is 1. The fourth-order valence-corrected chi connectivity index (χ4v) is 2.35. The molecule has 0 bridgehead atoms. The number of tetrazole rings is 1. The number of nitrogens with one attached hydrogen (secondary N) is 1. The summed E-state index contributed by atoms with van der Waals surface area (Å²) in [6.45, 7) is 1.70. The molecule has 1 amide bonds. The number of aromatic nitrogens is 4. The van der Waals surface area contributed by atoms with Gasteiger partial charge in [0.25, 0.3) is 0 Å². The van der Waals surface area contributed by atoms with E-state index in [9.17, 15) is 10.1 Å².